The third-order valence-electron chi connectivity index (χ3n) is 3.44. The molecule has 3 aromatic rings. The van der Waals surface area contributed by atoms with Gasteiger partial charge in [-0.1, -0.05) is 60.7 Å². The second-order valence-electron chi connectivity index (χ2n) is 4.83. The van der Waals surface area contributed by atoms with Gasteiger partial charge < -0.3 is 5.73 Å². The average Bonchev–Trinajstić information content (AvgIpc) is 2.82. The quantitative estimate of drug-likeness (QED) is 0.721. The van der Waals surface area contributed by atoms with E-state index in [-0.39, 0.29) is 5.78 Å². The van der Waals surface area contributed by atoms with E-state index < -0.39 is 0 Å². The minimum absolute atomic E-state index is 0.0173. The standard InChI is InChI=1S/C18H15NOS/c1-12-15(13-8-4-2-5-9-13)16(18(19)21-12)17(20)14-10-6-3-7-11-14/h2-11H,19H2,1H3. The van der Waals surface area contributed by atoms with Crippen molar-refractivity contribution >= 4 is 22.1 Å². The van der Waals surface area contributed by atoms with Gasteiger partial charge in [-0.05, 0) is 12.5 Å². The maximum atomic E-state index is 12.8. The molecule has 0 fully saturated rings. The molecule has 0 bridgehead atoms. The van der Waals surface area contributed by atoms with Crippen molar-refractivity contribution in [3.05, 3.63) is 76.7 Å². The van der Waals surface area contributed by atoms with E-state index in [1.165, 1.54) is 11.3 Å². The Hall–Kier alpha value is -2.39. The van der Waals surface area contributed by atoms with Crippen LogP contribution in [0.3, 0.4) is 0 Å². The van der Waals surface area contributed by atoms with E-state index >= 15 is 0 Å². The highest BCUT2D eigenvalue weighted by molar-refractivity contribution is 7.16. The van der Waals surface area contributed by atoms with Crippen molar-refractivity contribution in [2.75, 3.05) is 5.73 Å². The van der Waals surface area contributed by atoms with Crippen LogP contribution in [0, 0.1) is 6.92 Å². The fourth-order valence-electron chi connectivity index (χ4n) is 2.48. The van der Waals surface area contributed by atoms with Crippen LogP contribution in [0.25, 0.3) is 11.1 Å². The van der Waals surface area contributed by atoms with Gasteiger partial charge in [-0.25, -0.2) is 0 Å². The number of hydrogen-bond acceptors (Lipinski definition) is 3. The number of anilines is 1. The number of carbonyl (C=O) groups excluding carboxylic acids is 1. The minimum atomic E-state index is -0.0173. The number of nitrogen functional groups attached to an aromatic ring is 1. The molecule has 0 saturated carbocycles. The Morgan fingerprint density at radius 3 is 2.14 bits per heavy atom. The Morgan fingerprint density at radius 1 is 0.952 bits per heavy atom. The first-order chi connectivity index (χ1) is 10.2. The molecule has 2 aromatic carbocycles. The molecule has 3 heteroatoms. The fraction of sp³-hybridized carbons (Fsp3) is 0.0556. The highest BCUT2D eigenvalue weighted by Crippen LogP contribution is 2.39. The van der Waals surface area contributed by atoms with Crippen LogP contribution in [0.4, 0.5) is 5.00 Å². The summed E-state index contributed by atoms with van der Waals surface area (Å²) in [5, 5.41) is 0.584. The molecule has 0 aliphatic carbocycles. The van der Waals surface area contributed by atoms with E-state index in [1.54, 1.807) is 0 Å². The SMILES string of the molecule is Cc1sc(N)c(C(=O)c2ccccc2)c1-c1ccccc1. The van der Waals surface area contributed by atoms with Gasteiger partial charge in [-0.15, -0.1) is 11.3 Å². The number of thiophene rings is 1. The molecule has 0 amide bonds. The normalized spacial score (nSPS) is 10.5. The van der Waals surface area contributed by atoms with Crippen LogP contribution >= 0.6 is 11.3 Å². The van der Waals surface area contributed by atoms with Crippen LogP contribution in [0.5, 0.6) is 0 Å². The van der Waals surface area contributed by atoms with E-state index in [1.807, 2.05) is 67.6 Å². The lowest BCUT2D eigenvalue weighted by molar-refractivity contribution is 0.104. The minimum Gasteiger partial charge on any atom is -0.390 e. The van der Waals surface area contributed by atoms with Crippen molar-refractivity contribution in [1.82, 2.24) is 0 Å². The molecule has 1 heterocycles. The Labute approximate surface area is 127 Å². The second-order valence-corrected chi connectivity index (χ2v) is 6.09. The molecule has 3 rings (SSSR count). The molecule has 2 nitrogen and oxygen atoms in total. The zero-order valence-corrected chi connectivity index (χ0v) is 12.5. The predicted molar refractivity (Wildman–Crippen MR) is 88.8 cm³/mol. The lowest BCUT2D eigenvalue weighted by atomic mass is 9.95. The van der Waals surface area contributed by atoms with Crippen molar-refractivity contribution in [2.24, 2.45) is 0 Å². The van der Waals surface area contributed by atoms with E-state index in [9.17, 15) is 4.79 Å². The summed E-state index contributed by atoms with van der Waals surface area (Å²) in [6.45, 7) is 2.01. The number of benzene rings is 2. The highest BCUT2D eigenvalue weighted by atomic mass is 32.1. The largest absolute Gasteiger partial charge is 0.390 e. The first-order valence-corrected chi connectivity index (χ1v) is 7.54. The third kappa shape index (κ3) is 2.48. The van der Waals surface area contributed by atoms with Gasteiger partial charge in [0.25, 0.3) is 0 Å². The number of nitrogens with two attached hydrogens (primary N) is 1. The zero-order chi connectivity index (χ0) is 14.8. The maximum absolute atomic E-state index is 12.8. The second kappa shape index (κ2) is 5.54. The Morgan fingerprint density at radius 2 is 1.52 bits per heavy atom. The molecule has 2 N–H and O–H groups in total. The van der Waals surface area contributed by atoms with Crippen LogP contribution < -0.4 is 5.73 Å². The van der Waals surface area contributed by atoms with Crippen molar-refractivity contribution in [2.45, 2.75) is 6.92 Å². The van der Waals surface area contributed by atoms with E-state index in [0.29, 0.717) is 16.1 Å². The first-order valence-electron chi connectivity index (χ1n) is 6.72. The average molecular weight is 293 g/mol. The summed E-state index contributed by atoms with van der Waals surface area (Å²) in [7, 11) is 0. The van der Waals surface area contributed by atoms with Gasteiger partial charge in [0.15, 0.2) is 5.78 Å². The van der Waals surface area contributed by atoms with Crippen molar-refractivity contribution < 1.29 is 4.79 Å². The van der Waals surface area contributed by atoms with Gasteiger partial charge in [-0.2, -0.15) is 0 Å². The molecule has 21 heavy (non-hydrogen) atoms. The Bertz CT molecular complexity index is 776. The van der Waals surface area contributed by atoms with Crippen LogP contribution in [0.15, 0.2) is 60.7 Å². The number of carbonyl (C=O) groups is 1. The number of aryl methyl sites for hydroxylation is 1. The van der Waals surface area contributed by atoms with Gasteiger partial charge in [0, 0.05) is 16.0 Å². The number of ketones is 1. The third-order valence-corrected chi connectivity index (χ3v) is 4.37. The molecule has 0 aliphatic heterocycles. The summed E-state index contributed by atoms with van der Waals surface area (Å²) in [6, 6.07) is 19.2. The van der Waals surface area contributed by atoms with Crippen molar-refractivity contribution in [3.8, 4) is 11.1 Å². The molecular formula is C18H15NOS. The first kappa shape index (κ1) is 13.6. The predicted octanol–water partition coefficient (Wildman–Crippen LogP) is 4.54. The summed E-state index contributed by atoms with van der Waals surface area (Å²) in [6.07, 6.45) is 0. The molecule has 0 unspecified atom stereocenters. The molecular weight excluding hydrogens is 278 g/mol. The van der Waals surface area contributed by atoms with Gasteiger partial charge in [0.2, 0.25) is 0 Å². The smallest absolute Gasteiger partial charge is 0.196 e. The van der Waals surface area contributed by atoms with E-state index in [4.69, 9.17) is 5.73 Å². The van der Waals surface area contributed by atoms with Crippen LogP contribution in [0.2, 0.25) is 0 Å². The molecule has 0 spiro atoms. The number of hydrogen-bond donors (Lipinski definition) is 1. The summed E-state index contributed by atoms with van der Waals surface area (Å²) in [5.41, 5.74) is 9.38. The Balaban J connectivity index is 2.18. The van der Waals surface area contributed by atoms with Crippen LogP contribution in [0.1, 0.15) is 20.8 Å². The maximum Gasteiger partial charge on any atom is 0.196 e. The molecule has 0 saturated heterocycles. The lowest BCUT2D eigenvalue weighted by Crippen LogP contribution is -2.04. The van der Waals surface area contributed by atoms with E-state index in [2.05, 4.69) is 0 Å². The van der Waals surface area contributed by atoms with Crippen LogP contribution in [-0.4, -0.2) is 5.78 Å². The van der Waals surface area contributed by atoms with Gasteiger partial charge >= 0.3 is 0 Å². The molecule has 104 valence electrons. The fourth-order valence-corrected chi connectivity index (χ4v) is 3.43. The molecule has 1 aromatic heterocycles. The summed E-state index contributed by atoms with van der Waals surface area (Å²) in [5.74, 6) is -0.0173. The lowest BCUT2D eigenvalue weighted by Gasteiger charge is -2.06. The van der Waals surface area contributed by atoms with Gasteiger partial charge in [-0.3, -0.25) is 4.79 Å². The summed E-state index contributed by atoms with van der Waals surface area (Å²) >= 11 is 1.47. The summed E-state index contributed by atoms with van der Waals surface area (Å²) < 4.78 is 0. The highest BCUT2D eigenvalue weighted by Gasteiger charge is 2.22. The zero-order valence-electron chi connectivity index (χ0n) is 11.7. The van der Waals surface area contributed by atoms with Crippen molar-refractivity contribution in [1.29, 1.82) is 0 Å². The topological polar surface area (TPSA) is 43.1 Å². The van der Waals surface area contributed by atoms with Gasteiger partial charge in [0.1, 0.15) is 0 Å². The monoisotopic (exact) mass is 293 g/mol. The van der Waals surface area contributed by atoms with Crippen molar-refractivity contribution in [3.63, 3.8) is 0 Å². The molecule has 0 atom stereocenters. The Kier molecular flexibility index (Phi) is 3.59. The van der Waals surface area contributed by atoms with Gasteiger partial charge in [0.05, 0.1) is 10.6 Å². The molecule has 0 radical (unpaired) electrons. The summed E-state index contributed by atoms with van der Waals surface area (Å²) in [4.78, 5) is 13.9. The van der Waals surface area contributed by atoms with E-state index in [0.717, 1.165) is 16.0 Å². The number of rotatable bonds is 3. The molecule has 0 aliphatic rings. The van der Waals surface area contributed by atoms with Crippen LogP contribution in [-0.2, 0) is 0 Å².